The molecule has 0 aromatic heterocycles. The van der Waals surface area contributed by atoms with Gasteiger partial charge in [-0.3, -0.25) is 4.90 Å². The third-order valence-corrected chi connectivity index (χ3v) is 3.25. The first-order valence-electron chi connectivity index (χ1n) is 6.31. The number of aliphatic hydroxyl groups is 1. The van der Waals surface area contributed by atoms with E-state index in [4.69, 9.17) is 11.6 Å². The lowest BCUT2D eigenvalue weighted by atomic mass is 10.1. The second-order valence-electron chi connectivity index (χ2n) is 4.75. The zero-order chi connectivity index (χ0) is 13.7. The molecule has 1 unspecified atom stereocenters. The highest BCUT2D eigenvalue weighted by Gasteiger charge is 2.11. The molecule has 0 aliphatic heterocycles. The van der Waals surface area contributed by atoms with E-state index in [2.05, 4.69) is 17.0 Å². The minimum atomic E-state index is -0.521. The first-order valence-corrected chi connectivity index (χ1v) is 6.69. The van der Waals surface area contributed by atoms with E-state index < -0.39 is 6.10 Å². The average molecular weight is 312 g/mol. The first-order chi connectivity index (χ1) is 9.15. The second-order valence-corrected chi connectivity index (χ2v) is 5.19. The van der Waals surface area contributed by atoms with Crippen molar-refractivity contribution in [1.82, 2.24) is 4.90 Å². The van der Waals surface area contributed by atoms with Crippen LogP contribution in [0.5, 0.6) is 0 Å². The molecule has 0 heterocycles. The van der Waals surface area contributed by atoms with Crippen LogP contribution in [0.15, 0.2) is 54.6 Å². The Labute approximate surface area is 131 Å². The van der Waals surface area contributed by atoms with Gasteiger partial charge in [-0.1, -0.05) is 54.1 Å². The maximum absolute atomic E-state index is 10.2. The number of likely N-dealkylation sites (N-methyl/N-ethyl adjacent to an activating group) is 1. The van der Waals surface area contributed by atoms with Crippen LogP contribution in [0.25, 0.3) is 0 Å². The Morgan fingerprint density at radius 1 is 1.10 bits per heavy atom. The van der Waals surface area contributed by atoms with E-state index in [0.717, 1.165) is 12.1 Å². The van der Waals surface area contributed by atoms with Crippen molar-refractivity contribution in [2.24, 2.45) is 0 Å². The van der Waals surface area contributed by atoms with Crippen LogP contribution in [0.3, 0.4) is 0 Å². The van der Waals surface area contributed by atoms with Gasteiger partial charge in [0.2, 0.25) is 0 Å². The predicted molar refractivity (Wildman–Crippen MR) is 86.4 cm³/mol. The Balaban J connectivity index is 0.00000200. The van der Waals surface area contributed by atoms with Gasteiger partial charge in [0.25, 0.3) is 0 Å². The largest absolute Gasteiger partial charge is 0.387 e. The lowest BCUT2D eigenvalue weighted by Gasteiger charge is -2.21. The number of benzene rings is 2. The summed E-state index contributed by atoms with van der Waals surface area (Å²) in [6.07, 6.45) is -0.521. The summed E-state index contributed by atoms with van der Waals surface area (Å²) < 4.78 is 0. The summed E-state index contributed by atoms with van der Waals surface area (Å²) in [4.78, 5) is 2.10. The minimum absolute atomic E-state index is 0. The number of halogens is 2. The lowest BCUT2D eigenvalue weighted by molar-refractivity contribution is 0.124. The van der Waals surface area contributed by atoms with Crippen molar-refractivity contribution in [2.45, 2.75) is 12.6 Å². The van der Waals surface area contributed by atoms with Gasteiger partial charge in [0.05, 0.1) is 6.10 Å². The van der Waals surface area contributed by atoms with Gasteiger partial charge in [0.15, 0.2) is 0 Å². The molecule has 0 aliphatic carbocycles. The molecule has 0 saturated carbocycles. The van der Waals surface area contributed by atoms with Crippen LogP contribution in [-0.4, -0.2) is 23.6 Å². The van der Waals surface area contributed by atoms with E-state index in [-0.39, 0.29) is 12.4 Å². The Kier molecular flexibility index (Phi) is 7.03. The highest BCUT2D eigenvalue weighted by Crippen LogP contribution is 2.18. The number of aliphatic hydroxyl groups excluding tert-OH is 1. The molecule has 0 bridgehead atoms. The van der Waals surface area contributed by atoms with Crippen molar-refractivity contribution in [1.29, 1.82) is 0 Å². The molecule has 2 aromatic carbocycles. The summed E-state index contributed by atoms with van der Waals surface area (Å²) >= 11 is 5.93. The lowest BCUT2D eigenvalue weighted by Crippen LogP contribution is -2.24. The number of hydrogen-bond donors (Lipinski definition) is 1. The van der Waals surface area contributed by atoms with Crippen molar-refractivity contribution >= 4 is 24.0 Å². The molecule has 108 valence electrons. The van der Waals surface area contributed by atoms with Gasteiger partial charge in [-0.2, -0.15) is 0 Å². The van der Waals surface area contributed by atoms with Crippen LogP contribution >= 0.6 is 24.0 Å². The highest BCUT2D eigenvalue weighted by molar-refractivity contribution is 6.30. The van der Waals surface area contributed by atoms with Crippen LogP contribution in [0.2, 0.25) is 5.02 Å². The van der Waals surface area contributed by atoms with Crippen LogP contribution in [0.1, 0.15) is 17.2 Å². The van der Waals surface area contributed by atoms with Gasteiger partial charge in [0.1, 0.15) is 0 Å². The zero-order valence-corrected chi connectivity index (χ0v) is 12.9. The Morgan fingerprint density at radius 2 is 1.80 bits per heavy atom. The molecule has 0 fully saturated rings. The zero-order valence-electron chi connectivity index (χ0n) is 11.4. The van der Waals surface area contributed by atoms with Crippen LogP contribution < -0.4 is 0 Å². The van der Waals surface area contributed by atoms with Gasteiger partial charge in [-0.15, -0.1) is 12.4 Å². The third kappa shape index (κ3) is 5.14. The third-order valence-electron chi connectivity index (χ3n) is 3.01. The first kappa shape index (κ1) is 17.0. The predicted octanol–water partition coefficient (Wildman–Crippen LogP) is 3.93. The summed E-state index contributed by atoms with van der Waals surface area (Å²) in [6.45, 7) is 1.40. The quantitative estimate of drug-likeness (QED) is 0.904. The molecular weight excluding hydrogens is 293 g/mol. The monoisotopic (exact) mass is 311 g/mol. The number of rotatable bonds is 5. The molecule has 2 aromatic rings. The molecule has 2 rings (SSSR count). The molecule has 0 radical (unpaired) electrons. The van der Waals surface area contributed by atoms with Crippen LogP contribution in [-0.2, 0) is 6.54 Å². The second kappa shape index (κ2) is 8.28. The molecule has 0 amide bonds. The van der Waals surface area contributed by atoms with E-state index in [0.29, 0.717) is 11.6 Å². The molecule has 20 heavy (non-hydrogen) atoms. The van der Waals surface area contributed by atoms with E-state index in [1.165, 1.54) is 5.56 Å². The van der Waals surface area contributed by atoms with Crippen LogP contribution in [0, 0.1) is 0 Å². The van der Waals surface area contributed by atoms with Crippen molar-refractivity contribution < 1.29 is 5.11 Å². The van der Waals surface area contributed by atoms with Crippen LogP contribution in [0.4, 0.5) is 0 Å². The summed E-state index contributed by atoms with van der Waals surface area (Å²) in [5, 5.41) is 10.8. The molecule has 0 spiro atoms. The van der Waals surface area contributed by atoms with E-state index >= 15 is 0 Å². The number of hydrogen-bond acceptors (Lipinski definition) is 2. The van der Waals surface area contributed by atoms with Crippen molar-refractivity contribution in [3.8, 4) is 0 Å². The Hall–Kier alpha value is -1.06. The van der Waals surface area contributed by atoms with E-state index in [1.807, 2.05) is 49.5 Å². The molecule has 0 saturated heterocycles. The minimum Gasteiger partial charge on any atom is -0.387 e. The molecular formula is C16H19Cl2NO. The smallest absolute Gasteiger partial charge is 0.0917 e. The maximum Gasteiger partial charge on any atom is 0.0917 e. The van der Waals surface area contributed by atoms with Gasteiger partial charge >= 0.3 is 0 Å². The SMILES string of the molecule is CN(Cc1ccccc1)CC(O)c1cccc(Cl)c1.Cl. The average Bonchev–Trinajstić information content (AvgIpc) is 2.39. The fourth-order valence-corrected chi connectivity index (χ4v) is 2.27. The van der Waals surface area contributed by atoms with Crippen molar-refractivity contribution in [3.05, 3.63) is 70.7 Å². The van der Waals surface area contributed by atoms with Crippen molar-refractivity contribution in [3.63, 3.8) is 0 Å². The molecule has 4 heteroatoms. The Morgan fingerprint density at radius 3 is 2.45 bits per heavy atom. The Bertz CT molecular complexity index is 519. The summed E-state index contributed by atoms with van der Waals surface area (Å²) in [7, 11) is 2.00. The van der Waals surface area contributed by atoms with Gasteiger partial charge < -0.3 is 5.11 Å². The van der Waals surface area contributed by atoms with E-state index in [9.17, 15) is 5.11 Å². The summed E-state index contributed by atoms with van der Waals surface area (Å²) in [6, 6.07) is 17.6. The van der Waals surface area contributed by atoms with Gasteiger partial charge in [0, 0.05) is 18.1 Å². The van der Waals surface area contributed by atoms with Crippen molar-refractivity contribution in [2.75, 3.05) is 13.6 Å². The highest BCUT2D eigenvalue weighted by atomic mass is 35.5. The summed E-state index contributed by atoms with van der Waals surface area (Å²) in [5.41, 5.74) is 2.09. The molecule has 2 nitrogen and oxygen atoms in total. The molecule has 1 atom stereocenters. The van der Waals surface area contributed by atoms with Gasteiger partial charge in [-0.05, 0) is 30.3 Å². The molecule has 1 N–H and O–H groups in total. The molecule has 0 aliphatic rings. The number of nitrogens with zero attached hydrogens (tertiary/aromatic N) is 1. The fraction of sp³-hybridized carbons (Fsp3) is 0.250. The maximum atomic E-state index is 10.2. The van der Waals surface area contributed by atoms with E-state index in [1.54, 1.807) is 0 Å². The fourth-order valence-electron chi connectivity index (χ4n) is 2.07. The summed E-state index contributed by atoms with van der Waals surface area (Å²) in [5.74, 6) is 0. The normalized spacial score (nSPS) is 12.0. The standard InChI is InChI=1S/C16H18ClNO.ClH/c1-18(11-13-6-3-2-4-7-13)12-16(19)14-8-5-9-15(17)10-14;/h2-10,16,19H,11-12H2,1H3;1H. The topological polar surface area (TPSA) is 23.5 Å². The van der Waals surface area contributed by atoms with Gasteiger partial charge in [-0.25, -0.2) is 0 Å².